The Morgan fingerprint density at radius 3 is 2.62 bits per heavy atom. The predicted octanol–water partition coefficient (Wildman–Crippen LogP) is -0.218. The van der Waals surface area contributed by atoms with Gasteiger partial charge in [-0.15, -0.1) is 0 Å². The third-order valence-corrected chi connectivity index (χ3v) is 2.69. The number of rotatable bonds is 4. The third-order valence-electron chi connectivity index (χ3n) is 2.69. The van der Waals surface area contributed by atoms with E-state index in [-0.39, 0.29) is 0 Å². The molecular weight excluding hydrogens is 207 g/mol. The Morgan fingerprint density at radius 1 is 1.31 bits per heavy atom. The lowest BCUT2D eigenvalue weighted by atomic mass is 9.80. The zero-order valence-electron chi connectivity index (χ0n) is 9.00. The van der Waals surface area contributed by atoms with Crippen molar-refractivity contribution in [2.75, 3.05) is 19.8 Å². The summed E-state index contributed by atoms with van der Waals surface area (Å²) in [4.78, 5) is 0. The van der Waals surface area contributed by atoms with Crippen molar-refractivity contribution in [2.24, 2.45) is 5.92 Å². The number of ether oxygens (including phenoxy) is 2. The molecule has 0 unspecified atom stereocenters. The van der Waals surface area contributed by atoms with E-state index in [0.717, 1.165) is 25.4 Å². The number of hydrogen-bond acceptors (Lipinski definition) is 4. The van der Waals surface area contributed by atoms with E-state index < -0.39 is 7.12 Å². The van der Waals surface area contributed by atoms with E-state index in [1.54, 1.807) is 24.3 Å². The van der Waals surface area contributed by atoms with E-state index in [1.807, 2.05) is 0 Å². The maximum atomic E-state index is 8.92. The second-order valence-electron chi connectivity index (χ2n) is 3.98. The molecule has 0 aromatic heterocycles. The molecule has 1 aromatic rings. The fourth-order valence-electron chi connectivity index (χ4n) is 1.67. The van der Waals surface area contributed by atoms with Crippen LogP contribution in [0.4, 0.5) is 0 Å². The summed E-state index contributed by atoms with van der Waals surface area (Å²) in [5.41, 5.74) is 0.469. The first kappa shape index (κ1) is 11.5. The van der Waals surface area contributed by atoms with E-state index in [1.165, 1.54) is 0 Å². The molecule has 1 heterocycles. The summed E-state index contributed by atoms with van der Waals surface area (Å²) in [6.07, 6.45) is 1.05. The van der Waals surface area contributed by atoms with Gasteiger partial charge in [0, 0.05) is 12.5 Å². The number of hydrogen-bond donors (Lipinski definition) is 2. The average molecular weight is 222 g/mol. The maximum Gasteiger partial charge on any atom is 0.488 e. The monoisotopic (exact) mass is 222 g/mol. The van der Waals surface area contributed by atoms with Crippen LogP contribution in [-0.2, 0) is 4.74 Å². The highest BCUT2D eigenvalue weighted by atomic mass is 16.5. The second kappa shape index (κ2) is 5.34. The van der Waals surface area contributed by atoms with Crippen molar-refractivity contribution < 1.29 is 19.5 Å². The summed E-state index contributed by atoms with van der Waals surface area (Å²) in [5.74, 6) is 1.22. The first-order chi connectivity index (χ1) is 7.75. The summed E-state index contributed by atoms with van der Waals surface area (Å²) in [6, 6.07) is 6.77. The predicted molar refractivity (Wildman–Crippen MR) is 60.7 cm³/mol. The highest BCUT2D eigenvalue weighted by molar-refractivity contribution is 6.58. The number of benzene rings is 1. The molecule has 2 N–H and O–H groups in total. The van der Waals surface area contributed by atoms with E-state index in [2.05, 4.69) is 0 Å². The van der Waals surface area contributed by atoms with Gasteiger partial charge < -0.3 is 19.5 Å². The van der Waals surface area contributed by atoms with Crippen LogP contribution >= 0.6 is 0 Å². The molecule has 1 saturated heterocycles. The normalized spacial score (nSPS) is 19.8. The first-order valence-corrected chi connectivity index (χ1v) is 5.42. The van der Waals surface area contributed by atoms with E-state index in [9.17, 15) is 0 Å². The van der Waals surface area contributed by atoms with Crippen molar-refractivity contribution in [3.05, 3.63) is 24.3 Å². The van der Waals surface area contributed by atoms with Crippen LogP contribution < -0.4 is 10.2 Å². The Hall–Kier alpha value is -1.04. The molecule has 0 aliphatic carbocycles. The molecule has 86 valence electrons. The van der Waals surface area contributed by atoms with Gasteiger partial charge in [0.2, 0.25) is 0 Å². The fourth-order valence-corrected chi connectivity index (χ4v) is 1.67. The molecule has 1 aliphatic heterocycles. The average Bonchev–Trinajstić information content (AvgIpc) is 2.80. The molecule has 1 aliphatic rings. The largest absolute Gasteiger partial charge is 0.493 e. The van der Waals surface area contributed by atoms with E-state index in [0.29, 0.717) is 18.0 Å². The van der Waals surface area contributed by atoms with Gasteiger partial charge in [-0.2, -0.15) is 0 Å². The van der Waals surface area contributed by atoms with Gasteiger partial charge in [0.05, 0.1) is 13.2 Å². The van der Waals surface area contributed by atoms with E-state index in [4.69, 9.17) is 19.5 Å². The summed E-state index contributed by atoms with van der Waals surface area (Å²) in [5, 5.41) is 17.8. The second-order valence-corrected chi connectivity index (χ2v) is 3.98. The quantitative estimate of drug-likeness (QED) is 0.691. The fraction of sp³-hybridized carbons (Fsp3) is 0.455. The molecule has 0 radical (unpaired) electrons. The lowest BCUT2D eigenvalue weighted by molar-refractivity contribution is 0.167. The van der Waals surface area contributed by atoms with Gasteiger partial charge in [0.15, 0.2) is 0 Å². The standard InChI is InChI=1S/C11H15BO4/c13-12(14)10-1-3-11(4-2-10)16-8-9-5-6-15-7-9/h1-4,9,13-14H,5-8H2/t9-/m1/s1. The lowest BCUT2D eigenvalue weighted by Gasteiger charge is -2.10. The van der Waals surface area contributed by atoms with Gasteiger partial charge in [0.1, 0.15) is 5.75 Å². The summed E-state index contributed by atoms with van der Waals surface area (Å²) >= 11 is 0. The minimum Gasteiger partial charge on any atom is -0.493 e. The Balaban J connectivity index is 1.84. The summed E-state index contributed by atoms with van der Waals surface area (Å²) in [7, 11) is -1.42. The van der Waals surface area contributed by atoms with Gasteiger partial charge in [-0.1, -0.05) is 12.1 Å². The minimum absolute atomic E-state index is 0.469. The molecule has 0 bridgehead atoms. The lowest BCUT2D eigenvalue weighted by Crippen LogP contribution is -2.29. The minimum atomic E-state index is -1.42. The summed E-state index contributed by atoms with van der Waals surface area (Å²) in [6.45, 7) is 2.25. The molecule has 2 rings (SSSR count). The Morgan fingerprint density at radius 2 is 2.06 bits per heavy atom. The van der Waals surface area contributed by atoms with Gasteiger partial charge in [0.25, 0.3) is 0 Å². The highest BCUT2D eigenvalue weighted by Gasteiger charge is 2.16. The smallest absolute Gasteiger partial charge is 0.488 e. The van der Waals surface area contributed by atoms with Crippen molar-refractivity contribution in [3.8, 4) is 5.75 Å². The zero-order valence-corrected chi connectivity index (χ0v) is 9.00. The highest BCUT2D eigenvalue weighted by Crippen LogP contribution is 2.15. The van der Waals surface area contributed by atoms with Crippen LogP contribution in [0.3, 0.4) is 0 Å². The van der Waals surface area contributed by atoms with Crippen molar-refractivity contribution in [1.82, 2.24) is 0 Å². The molecule has 0 spiro atoms. The first-order valence-electron chi connectivity index (χ1n) is 5.42. The Labute approximate surface area is 95.0 Å². The van der Waals surface area contributed by atoms with Gasteiger partial charge in [-0.05, 0) is 24.0 Å². The van der Waals surface area contributed by atoms with Crippen LogP contribution in [-0.4, -0.2) is 37.0 Å². The SMILES string of the molecule is OB(O)c1ccc(OC[C@@H]2CCOC2)cc1. The topological polar surface area (TPSA) is 58.9 Å². The summed E-state index contributed by atoms with van der Waals surface area (Å²) < 4.78 is 10.8. The molecule has 0 amide bonds. The van der Waals surface area contributed by atoms with Crippen LogP contribution in [0.25, 0.3) is 0 Å². The third kappa shape index (κ3) is 2.98. The van der Waals surface area contributed by atoms with Gasteiger partial charge >= 0.3 is 7.12 Å². The molecule has 1 aromatic carbocycles. The zero-order chi connectivity index (χ0) is 11.4. The molecular formula is C11H15BO4. The molecule has 16 heavy (non-hydrogen) atoms. The van der Waals surface area contributed by atoms with Crippen molar-refractivity contribution in [3.63, 3.8) is 0 Å². The molecule has 5 heteroatoms. The molecule has 1 atom stereocenters. The maximum absolute atomic E-state index is 8.92. The van der Waals surface area contributed by atoms with Crippen LogP contribution in [0.2, 0.25) is 0 Å². The Bertz CT molecular complexity index is 319. The Kier molecular flexibility index (Phi) is 3.82. The molecule has 4 nitrogen and oxygen atoms in total. The molecule has 0 saturated carbocycles. The van der Waals surface area contributed by atoms with Crippen LogP contribution in [0.15, 0.2) is 24.3 Å². The van der Waals surface area contributed by atoms with Crippen molar-refractivity contribution in [1.29, 1.82) is 0 Å². The van der Waals surface area contributed by atoms with Crippen LogP contribution in [0, 0.1) is 5.92 Å². The van der Waals surface area contributed by atoms with Crippen LogP contribution in [0.5, 0.6) is 5.75 Å². The van der Waals surface area contributed by atoms with Crippen molar-refractivity contribution in [2.45, 2.75) is 6.42 Å². The van der Waals surface area contributed by atoms with Crippen molar-refractivity contribution >= 4 is 12.6 Å². The van der Waals surface area contributed by atoms with E-state index >= 15 is 0 Å². The van der Waals surface area contributed by atoms with Gasteiger partial charge in [-0.25, -0.2) is 0 Å². The van der Waals surface area contributed by atoms with Crippen LogP contribution in [0.1, 0.15) is 6.42 Å². The molecule has 1 fully saturated rings. The van der Waals surface area contributed by atoms with Gasteiger partial charge in [-0.3, -0.25) is 0 Å².